The van der Waals surface area contributed by atoms with Gasteiger partial charge in [0, 0.05) is 22.6 Å². The standard InChI is InChI=1S/C22H29ClN4O2S/c1-15-14-19(12-13-24-15)18-6-4-17(5-7-18)16(2)25-22(27-30(3,28)29)26-21-10-8-20(23)9-11-21/h8-14,16-18H,4-7H2,1-3H3,(H2,25,26,27). The molecule has 2 N–H and O–H groups in total. The van der Waals surface area contributed by atoms with Gasteiger partial charge in [0.05, 0.1) is 12.3 Å². The molecule has 8 heteroatoms. The van der Waals surface area contributed by atoms with Crippen LogP contribution in [0.25, 0.3) is 0 Å². The van der Waals surface area contributed by atoms with Crippen LogP contribution >= 0.6 is 11.6 Å². The van der Waals surface area contributed by atoms with Gasteiger partial charge in [-0.2, -0.15) is 0 Å². The summed E-state index contributed by atoms with van der Waals surface area (Å²) in [4.78, 5) is 8.98. The molecular formula is C22H29ClN4O2S. The number of nitrogens with zero attached hydrogens (tertiary/aromatic N) is 2. The van der Waals surface area contributed by atoms with Crippen molar-refractivity contribution in [1.29, 1.82) is 0 Å². The number of hydrogen-bond donors (Lipinski definition) is 2. The monoisotopic (exact) mass is 448 g/mol. The lowest BCUT2D eigenvalue weighted by molar-refractivity contribution is 0.292. The topological polar surface area (TPSA) is 83.5 Å². The minimum Gasteiger partial charge on any atom is -0.326 e. The van der Waals surface area contributed by atoms with E-state index >= 15 is 0 Å². The molecule has 1 saturated carbocycles. The number of anilines is 1. The van der Waals surface area contributed by atoms with Gasteiger partial charge in [-0.05, 0) is 93.3 Å². The summed E-state index contributed by atoms with van der Waals surface area (Å²) in [6, 6.07) is 11.3. The molecule has 1 unspecified atom stereocenters. The van der Waals surface area contributed by atoms with E-state index in [0.717, 1.165) is 43.3 Å². The van der Waals surface area contributed by atoms with Crippen LogP contribution in [-0.2, 0) is 10.0 Å². The van der Waals surface area contributed by atoms with E-state index in [-0.39, 0.29) is 12.0 Å². The molecule has 2 aromatic rings. The zero-order chi connectivity index (χ0) is 21.7. The second-order valence-corrected chi connectivity index (χ2v) is 10.3. The summed E-state index contributed by atoms with van der Waals surface area (Å²) in [6.45, 7) is 4.07. The second-order valence-electron chi connectivity index (χ2n) is 8.07. The third kappa shape index (κ3) is 6.71. The molecule has 1 aliphatic rings. The smallest absolute Gasteiger partial charge is 0.232 e. The van der Waals surface area contributed by atoms with Crippen LogP contribution < -0.4 is 10.0 Å². The Morgan fingerprint density at radius 3 is 2.43 bits per heavy atom. The van der Waals surface area contributed by atoms with Crippen LogP contribution in [0.3, 0.4) is 0 Å². The Morgan fingerprint density at radius 1 is 1.17 bits per heavy atom. The van der Waals surface area contributed by atoms with Crippen molar-refractivity contribution < 1.29 is 8.42 Å². The first kappa shape index (κ1) is 22.6. The zero-order valence-corrected chi connectivity index (χ0v) is 19.2. The maximum atomic E-state index is 11.8. The predicted octanol–water partition coefficient (Wildman–Crippen LogP) is 4.72. The number of rotatable bonds is 5. The van der Waals surface area contributed by atoms with Crippen molar-refractivity contribution in [1.82, 2.24) is 9.71 Å². The van der Waals surface area contributed by atoms with E-state index in [0.29, 0.717) is 16.9 Å². The fraction of sp³-hybridized carbons (Fsp3) is 0.455. The number of hydrogen-bond acceptors (Lipinski definition) is 4. The Kier molecular flexibility index (Phi) is 7.36. The van der Waals surface area contributed by atoms with Gasteiger partial charge in [-0.15, -0.1) is 0 Å². The number of halogens is 1. The van der Waals surface area contributed by atoms with Crippen molar-refractivity contribution >= 4 is 33.3 Å². The van der Waals surface area contributed by atoms with Crippen molar-refractivity contribution in [2.45, 2.75) is 51.5 Å². The van der Waals surface area contributed by atoms with Crippen LogP contribution in [0.1, 0.15) is 49.8 Å². The van der Waals surface area contributed by atoms with Crippen LogP contribution in [0, 0.1) is 12.8 Å². The van der Waals surface area contributed by atoms with Gasteiger partial charge in [-0.3, -0.25) is 9.71 Å². The quantitative estimate of drug-likeness (QED) is 0.512. The number of nitrogens with one attached hydrogen (secondary N) is 2. The number of aliphatic imine (C=N–C) groups is 1. The maximum absolute atomic E-state index is 11.8. The minimum atomic E-state index is -3.45. The molecule has 0 saturated heterocycles. The van der Waals surface area contributed by atoms with E-state index in [2.05, 4.69) is 39.1 Å². The number of sulfonamides is 1. The van der Waals surface area contributed by atoms with E-state index in [1.165, 1.54) is 5.56 Å². The average molecular weight is 449 g/mol. The highest BCUT2D eigenvalue weighted by Gasteiger charge is 2.26. The Hall–Kier alpha value is -2.12. The first-order valence-electron chi connectivity index (χ1n) is 10.2. The first-order valence-corrected chi connectivity index (χ1v) is 12.5. The molecule has 1 aromatic heterocycles. The van der Waals surface area contributed by atoms with Crippen LogP contribution in [0.4, 0.5) is 5.69 Å². The maximum Gasteiger partial charge on any atom is 0.232 e. The SMILES string of the molecule is Cc1cc(C2CCC(C(C)N=C(Nc3ccc(Cl)cc3)NS(C)(=O)=O)CC2)ccn1. The molecule has 1 heterocycles. The fourth-order valence-corrected chi connectivity index (χ4v) is 4.58. The normalized spacial score (nSPS) is 21.1. The van der Waals surface area contributed by atoms with Crippen molar-refractivity contribution in [2.24, 2.45) is 10.9 Å². The van der Waals surface area contributed by atoms with Crippen molar-refractivity contribution in [3.63, 3.8) is 0 Å². The van der Waals surface area contributed by atoms with Crippen molar-refractivity contribution in [3.05, 3.63) is 58.9 Å². The highest BCUT2D eigenvalue weighted by Crippen LogP contribution is 2.37. The van der Waals surface area contributed by atoms with Gasteiger partial charge in [0.15, 0.2) is 0 Å². The first-order chi connectivity index (χ1) is 14.2. The van der Waals surface area contributed by atoms with E-state index < -0.39 is 10.0 Å². The van der Waals surface area contributed by atoms with Gasteiger partial charge >= 0.3 is 0 Å². The summed E-state index contributed by atoms with van der Waals surface area (Å²) in [7, 11) is -3.45. The number of guanidine groups is 1. The highest BCUT2D eigenvalue weighted by atomic mass is 35.5. The number of aromatic nitrogens is 1. The van der Waals surface area contributed by atoms with Crippen LogP contribution in [0.15, 0.2) is 47.6 Å². The molecule has 1 aromatic carbocycles. The van der Waals surface area contributed by atoms with Gasteiger partial charge in [0.25, 0.3) is 0 Å². The lowest BCUT2D eigenvalue weighted by Gasteiger charge is -2.31. The second kappa shape index (κ2) is 9.79. The van der Waals surface area contributed by atoms with E-state index in [4.69, 9.17) is 11.6 Å². The number of benzene rings is 1. The summed E-state index contributed by atoms with van der Waals surface area (Å²) in [5.74, 6) is 1.20. The molecule has 3 rings (SSSR count). The number of pyridine rings is 1. The molecule has 30 heavy (non-hydrogen) atoms. The number of aryl methyl sites for hydroxylation is 1. The lowest BCUT2D eigenvalue weighted by atomic mass is 9.76. The van der Waals surface area contributed by atoms with Gasteiger partial charge < -0.3 is 5.32 Å². The Balaban J connectivity index is 1.67. The van der Waals surface area contributed by atoms with E-state index in [1.807, 2.05) is 13.1 Å². The molecule has 0 aliphatic heterocycles. The van der Waals surface area contributed by atoms with Gasteiger partial charge in [-0.25, -0.2) is 13.4 Å². The lowest BCUT2D eigenvalue weighted by Crippen LogP contribution is -2.37. The van der Waals surface area contributed by atoms with Crippen LogP contribution in [-0.4, -0.2) is 31.7 Å². The molecule has 6 nitrogen and oxygen atoms in total. The summed E-state index contributed by atoms with van der Waals surface area (Å²) in [5.41, 5.74) is 3.14. The molecule has 0 bridgehead atoms. The Labute approximate surface area is 184 Å². The molecular weight excluding hydrogens is 420 g/mol. The van der Waals surface area contributed by atoms with Crippen molar-refractivity contribution in [2.75, 3.05) is 11.6 Å². The molecule has 1 fully saturated rings. The molecule has 1 atom stereocenters. The van der Waals surface area contributed by atoms with E-state index in [1.54, 1.807) is 24.3 Å². The molecule has 0 radical (unpaired) electrons. The molecule has 0 spiro atoms. The van der Waals surface area contributed by atoms with Gasteiger partial charge in [0.2, 0.25) is 16.0 Å². The third-order valence-corrected chi connectivity index (χ3v) is 6.38. The van der Waals surface area contributed by atoms with Crippen molar-refractivity contribution in [3.8, 4) is 0 Å². The van der Waals surface area contributed by atoms with E-state index in [9.17, 15) is 8.42 Å². The largest absolute Gasteiger partial charge is 0.326 e. The van der Waals surface area contributed by atoms with Crippen LogP contribution in [0.2, 0.25) is 5.02 Å². The third-order valence-electron chi connectivity index (χ3n) is 5.57. The summed E-state index contributed by atoms with van der Waals surface area (Å²) in [5, 5.41) is 3.68. The zero-order valence-electron chi connectivity index (χ0n) is 17.6. The minimum absolute atomic E-state index is 0.00539. The van der Waals surface area contributed by atoms with Gasteiger partial charge in [-0.1, -0.05) is 11.6 Å². The summed E-state index contributed by atoms with van der Waals surface area (Å²) in [6.07, 6.45) is 7.34. The fourth-order valence-electron chi connectivity index (χ4n) is 4.00. The Bertz CT molecular complexity index is 984. The molecule has 1 aliphatic carbocycles. The summed E-state index contributed by atoms with van der Waals surface area (Å²) >= 11 is 5.93. The highest BCUT2D eigenvalue weighted by molar-refractivity contribution is 7.89. The average Bonchev–Trinajstić information content (AvgIpc) is 2.68. The van der Waals surface area contributed by atoms with Gasteiger partial charge in [0.1, 0.15) is 0 Å². The molecule has 162 valence electrons. The van der Waals surface area contributed by atoms with Crippen LogP contribution in [0.5, 0.6) is 0 Å². The molecule has 0 amide bonds. The summed E-state index contributed by atoms with van der Waals surface area (Å²) < 4.78 is 26.1. The predicted molar refractivity (Wildman–Crippen MR) is 124 cm³/mol. The Morgan fingerprint density at radius 2 is 1.83 bits per heavy atom.